The molecule has 0 aromatic heterocycles. The molecule has 2 rings (SSSR count). The topological polar surface area (TPSA) is 87.7 Å². The third-order valence-electron chi connectivity index (χ3n) is 7.01. The number of carbonyl (C=O) groups is 3. The molecule has 0 bridgehead atoms. The monoisotopic (exact) mass is 565 g/mol. The van der Waals surface area contributed by atoms with Gasteiger partial charge in [-0.1, -0.05) is 88.1 Å². The third-order valence-corrected chi connectivity index (χ3v) is 7.01. The minimum atomic E-state index is -0.909. The molecule has 0 saturated carbocycles. The Hall–Kier alpha value is -3.35. The van der Waals surface area contributed by atoms with Crippen LogP contribution in [0.4, 0.5) is 4.79 Å². The Kier molecular flexibility index (Phi) is 13.9. The van der Waals surface area contributed by atoms with E-state index >= 15 is 0 Å². The molecule has 2 atom stereocenters. The van der Waals surface area contributed by atoms with Crippen LogP contribution in [0.25, 0.3) is 0 Å². The summed E-state index contributed by atoms with van der Waals surface area (Å²) in [4.78, 5) is 43.1. The molecule has 7 heteroatoms. The molecule has 0 radical (unpaired) electrons. The van der Waals surface area contributed by atoms with Gasteiger partial charge in [-0.3, -0.25) is 9.59 Å². The smallest absolute Gasteiger partial charge is 0.408 e. The third kappa shape index (κ3) is 11.2. The maximum atomic E-state index is 14.5. The van der Waals surface area contributed by atoms with Crippen molar-refractivity contribution in [2.75, 3.05) is 13.1 Å². The van der Waals surface area contributed by atoms with Crippen LogP contribution >= 0.6 is 0 Å². The van der Waals surface area contributed by atoms with Crippen molar-refractivity contribution in [3.05, 3.63) is 70.8 Å². The molecule has 0 aliphatic heterocycles. The van der Waals surface area contributed by atoms with Crippen LogP contribution in [0.3, 0.4) is 0 Å². The van der Waals surface area contributed by atoms with E-state index in [2.05, 4.69) is 24.5 Å². The summed E-state index contributed by atoms with van der Waals surface area (Å²) in [6.07, 6.45) is 5.21. The highest BCUT2D eigenvalue weighted by Gasteiger charge is 2.37. The van der Waals surface area contributed by atoms with Gasteiger partial charge in [0.1, 0.15) is 17.7 Å². The lowest BCUT2D eigenvalue weighted by Gasteiger charge is -2.36. The van der Waals surface area contributed by atoms with Gasteiger partial charge in [0.2, 0.25) is 11.8 Å². The van der Waals surface area contributed by atoms with E-state index in [1.54, 1.807) is 25.7 Å². The number of carbonyl (C=O) groups excluding carboxylic acids is 3. The first-order chi connectivity index (χ1) is 19.5. The summed E-state index contributed by atoms with van der Waals surface area (Å²) in [5, 5.41) is 5.95. The van der Waals surface area contributed by atoms with E-state index in [4.69, 9.17) is 4.74 Å². The van der Waals surface area contributed by atoms with Gasteiger partial charge in [-0.15, -0.1) is 0 Å². The van der Waals surface area contributed by atoms with Crippen molar-refractivity contribution in [3.63, 3.8) is 0 Å². The minimum absolute atomic E-state index is 0.195. The predicted octanol–water partition coefficient (Wildman–Crippen LogP) is 6.81. The Labute approximate surface area is 247 Å². The Morgan fingerprint density at radius 3 is 2.05 bits per heavy atom. The molecule has 7 nitrogen and oxygen atoms in total. The molecule has 0 saturated heterocycles. The Bertz CT molecular complexity index is 1090. The van der Waals surface area contributed by atoms with Gasteiger partial charge < -0.3 is 20.3 Å². The Balaban J connectivity index is 2.57. The first kappa shape index (κ1) is 33.9. The van der Waals surface area contributed by atoms with Crippen molar-refractivity contribution in [2.45, 2.75) is 111 Å². The normalized spacial score (nSPS) is 12.8. The van der Waals surface area contributed by atoms with Crippen LogP contribution in [0, 0.1) is 13.8 Å². The van der Waals surface area contributed by atoms with Crippen LogP contribution in [0.15, 0.2) is 48.5 Å². The van der Waals surface area contributed by atoms with Crippen molar-refractivity contribution in [1.82, 2.24) is 15.5 Å². The lowest BCUT2D eigenvalue weighted by Crippen LogP contribution is -2.54. The zero-order valence-corrected chi connectivity index (χ0v) is 26.2. The molecule has 226 valence electrons. The molecule has 0 aliphatic carbocycles. The molecule has 2 unspecified atom stereocenters. The Morgan fingerprint density at radius 2 is 1.46 bits per heavy atom. The maximum absolute atomic E-state index is 14.5. The largest absolute Gasteiger partial charge is 0.444 e. The number of unbranched alkanes of at least 4 members (excludes halogenated alkanes) is 4. The van der Waals surface area contributed by atoms with Crippen LogP contribution in [0.5, 0.6) is 0 Å². The van der Waals surface area contributed by atoms with Gasteiger partial charge in [-0.2, -0.15) is 0 Å². The van der Waals surface area contributed by atoms with E-state index < -0.39 is 23.8 Å². The predicted molar refractivity (Wildman–Crippen MR) is 166 cm³/mol. The molecule has 2 aromatic carbocycles. The average molecular weight is 566 g/mol. The fourth-order valence-electron chi connectivity index (χ4n) is 4.97. The van der Waals surface area contributed by atoms with E-state index in [1.807, 2.05) is 62.4 Å². The molecule has 3 amide bonds. The number of hydrogen-bond acceptors (Lipinski definition) is 4. The van der Waals surface area contributed by atoms with Gasteiger partial charge in [0, 0.05) is 19.5 Å². The van der Waals surface area contributed by atoms with E-state index in [0.29, 0.717) is 13.1 Å². The van der Waals surface area contributed by atoms with E-state index in [1.165, 1.54) is 0 Å². The quantitative estimate of drug-likeness (QED) is 0.232. The summed E-state index contributed by atoms with van der Waals surface area (Å²) in [5.74, 6) is -0.494. The second-order valence-corrected chi connectivity index (χ2v) is 11.8. The molecule has 2 N–H and O–H groups in total. The highest BCUT2D eigenvalue weighted by atomic mass is 16.6. The number of alkyl carbamates (subject to hydrolysis) is 1. The molecule has 0 fully saturated rings. The first-order valence-corrected chi connectivity index (χ1v) is 15.2. The number of nitrogens with one attached hydrogen (secondary N) is 2. The van der Waals surface area contributed by atoms with E-state index in [9.17, 15) is 14.4 Å². The number of ether oxygens (including phenoxy) is 1. The summed E-state index contributed by atoms with van der Waals surface area (Å²) in [6.45, 7) is 14.5. The second-order valence-electron chi connectivity index (χ2n) is 11.8. The highest BCUT2D eigenvalue weighted by molar-refractivity contribution is 5.92. The molecule has 0 heterocycles. The lowest BCUT2D eigenvalue weighted by molar-refractivity contribution is -0.142. The van der Waals surface area contributed by atoms with Crippen molar-refractivity contribution in [3.8, 4) is 0 Å². The SMILES string of the molecule is CCCCCNC(=O)C(c1c(C)cccc1C)N(CCCCC)C(=O)C(Cc1ccccc1)NC(=O)OC(C)(C)C. The van der Waals surface area contributed by atoms with Crippen LogP contribution in [0.1, 0.15) is 101 Å². The molecule has 0 spiro atoms. The summed E-state index contributed by atoms with van der Waals surface area (Å²) in [6, 6.07) is 13.8. The van der Waals surface area contributed by atoms with Gasteiger partial charge in [0.15, 0.2) is 0 Å². The van der Waals surface area contributed by atoms with Crippen molar-refractivity contribution in [1.29, 1.82) is 0 Å². The van der Waals surface area contributed by atoms with Gasteiger partial charge in [-0.25, -0.2) is 4.79 Å². The van der Waals surface area contributed by atoms with Gasteiger partial charge >= 0.3 is 6.09 Å². The van der Waals surface area contributed by atoms with Crippen molar-refractivity contribution in [2.24, 2.45) is 0 Å². The number of amides is 3. The number of hydrogen-bond donors (Lipinski definition) is 2. The lowest BCUT2D eigenvalue weighted by atomic mass is 9.93. The van der Waals surface area contributed by atoms with Crippen LogP contribution in [0.2, 0.25) is 0 Å². The summed E-state index contributed by atoms with van der Waals surface area (Å²) in [7, 11) is 0. The number of rotatable bonds is 15. The maximum Gasteiger partial charge on any atom is 0.408 e. The van der Waals surface area contributed by atoms with E-state index in [-0.39, 0.29) is 18.2 Å². The second kappa shape index (κ2) is 16.8. The van der Waals surface area contributed by atoms with Gasteiger partial charge in [-0.05, 0) is 69.7 Å². The minimum Gasteiger partial charge on any atom is -0.444 e. The summed E-state index contributed by atoms with van der Waals surface area (Å²) in [5.41, 5.74) is 2.92. The fraction of sp³-hybridized carbons (Fsp3) is 0.559. The zero-order valence-electron chi connectivity index (χ0n) is 26.2. The number of nitrogens with zero attached hydrogens (tertiary/aromatic N) is 1. The first-order valence-electron chi connectivity index (χ1n) is 15.2. The molecule has 0 aliphatic rings. The fourth-order valence-corrected chi connectivity index (χ4v) is 4.97. The molecule has 41 heavy (non-hydrogen) atoms. The Morgan fingerprint density at radius 1 is 0.854 bits per heavy atom. The summed E-state index contributed by atoms with van der Waals surface area (Å²) >= 11 is 0. The molecular weight excluding hydrogens is 514 g/mol. The number of benzene rings is 2. The van der Waals surface area contributed by atoms with Crippen LogP contribution in [-0.2, 0) is 20.7 Å². The van der Waals surface area contributed by atoms with Crippen LogP contribution < -0.4 is 10.6 Å². The summed E-state index contributed by atoms with van der Waals surface area (Å²) < 4.78 is 5.54. The van der Waals surface area contributed by atoms with Gasteiger partial charge in [0.05, 0.1) is 0 Å². The standard InChI is InChI=1S/C34H51N3O4/c1-8-10-15-22-35-31(38)30(29-25(3)18-17-19-26(29)4)37(23-16-11-9-2)32(39)28(24-27-20-13-12-14-21-27)36-33(40)41-34(5,6)7/h12-14,17-21,28,30H,8-11,15-16,22-24H2,1-7H3,(H,35,38)(H,36,40). The molecule has 2 aromatic rings. The van der Waals surface area contributed by atoms with Crippen LogP contribution in [-0.4, -0.2) is 47.5 Å². The van der Waals surface area contributed by atoms with Crippen molar-refractivity contribution < 1.29 is 19.1 Å². The highest BCUT2D eigenvalue weighted by Crippen LogP contribution is 2.29. The zero-order chi connectivity index (χ0) is 30.4. The average Bonchev–Trinajstić information content (AvgIpc) is 2.90. The molecular formula is C34H51N3O4. The van der Waals surface area contributed by atoms with E-state index in [0.717, 1.165) is 60.8 Å². The number of aryl methyl sites for hydroxylation is 2. The van der Waals surface area contributed by atoms with Gasteiger partial charge in [0.25, 0.3) is 0 Å². The van der Waals surface area contributed by atoms with Crippen molar-refractivity contribution >= 4 is 17.9 Å².